The Morgan fingerprint density at radius 1 is 1.16 bits per heavy atom. The molecule has 0 fully saturated rings. The molecule has 19 heavy (non-hydrogen) atoms. The van der Waals surface area contributed by atoms with E-state index in [1.165, 1.54) is 0 Å². The molecule has 4 heteroatoms. The topological polar surface area (TPSA) is 48.4 Å². The lowest BCUT2D eigenvalue weighted by molar-refractivity contribution is -0.107. The third-order valence-corrected chi connectivity index (χ3v) is 2.62. The van der Waals surface area contributed by atoms with Gasteiger partial charge in [0.15, 0.2) is 6.79 Å². The van der Waals surface area contributed by atoms with Gasteiger partial charge in [-0.1, -0.05) is 30.3 Å². The van der Waals surface area contributed by atoms with Crippen LogP contribution in [0.15, 0.2) is 42.5 Å². The third-order valence-electron chi connectivity index (χ3n) is 2.62. The van der Waals surface area contributed by atoms with Gasteiger partial charge in [0.25, 0.3) is 0 Å². The molecule has 0 unspecified atom stereocenters. The van der Waals surface area contributed by atoms with E-state index in [0.29, 0.717) is 12.3 Å². The quantitative estimate of drug-likeness (QED) is 0.589. The molecule has 2 rings (SSSR count). The normalized spacial score (nSPS) is 10.2. The van der Waals surface area contributed by atoms with Crippen LogP contribution in [0.25, 0.3) is 11.3 Å². The molecule has 98 valence electrons. The molecule has 0 amide bonds. The maximum absolute atomic E-state index is 10.4. The van der Waals surface area contributed by atoms with Crippen LogP contribution in [0.4, 0.5) is 0 Å². The Hall–Kier alpha value is -2.20. The average molecular weight is 257 g/mol. The lowest BCUT2D eigenvalue weighted by atomic mass is 10.1. The van der Waals surface area contributed by atoms with Crippen molar-refractivity contribution in [3.63, 3.8) is 0 Å². The Bertz CT molecular complexity index is 537. The van der Waals surface area contributed by atoms with Crippen molar-refractivity contribution in [2.75, 3.05) is 13.9 Å². The van der Waals surface area contributed by atoms with Gasteiger partial charge in [-0.15, -0.1) is 0 Å². The minimum absolute atomic E-state index is 0.175. The number of rotatable bonds is 6. The summed E-state index contributed by atoms with van der Waals surface area (Å²) in [5.41, 5.74) is 2.80. The number of pyridine rings is 1. The summed E-state index contributed by atoms with van der Waals surface area (Å²) in [6, 6.07) is 13.3. The second-order valence-electron chi connectivity index (χ2n) is 3.98. The summed E-state index contributed by atoms with van der Waals surface area (Å²) in [5, 5.41) is 0. The minimum Gasteiger partial charge on any atom is -0.451 e. The van der Waals surface area contributed by atoms with Crippen LogP contribution < -0.4 is 4.74 Å². The summed E-state index contributed by atoms with van der Waals surface area (Å²) < 4.78 is 10.1. The number of carbonyl (C=O) groups is 1. The molecule has 0 aliphatic carbocycles. The first-order chi connectivity index (χ1) is 9.33. The Balaban J connectivity index is 2.18. The number of carbonyl (C=O) groups excluding carboxylic acids is 1. The van der Waals surface area contributed by atoms with Crippen molar-refractivity contribution >= 4 is 6.29 Å². The number of hydrogen-bond acceptors (Lipinski definition) is 4. The van der Waals surface area contributed by atoms with E-state index in [1.54, 1.807) is 13.2 Å². The van der Waals surface area contributed by atoms with Crippen LogP contribution in [0.3, 0.4) is 0 Å². The van der Waals surface area contributed by atoms with Gasteiger partial charge in [0, 0.05) is 25.2 Å². The molecule has 0 bridgehead atoms. The zero-order chi connectivity index (χ0) is 13.5. The van der Waals surface area contributed by atoms with E-state index >= 15 is 0 Å². The fraction of sp³-hybridized carbons (Fsp3) is 0.200. The summed E-state index contributed by atoms with van der Waals surface area (Å²) in [6.45, 7) is 0.175. The first kappa shape index (κ1) is 13.2. The number of aldehydes is 1. The van der Waals surface area contributed by atoms with Gasteiger partial charge >= 0.3 is 0 Å². The Kier molecular flexibility index (Phi) is 4.64. The molecule has 0 saturated heterocycles. The van der Waals surface area contributed by atoms with E-state index in [9.17, 15) is 4.79 Å². The van der Waals surface area contributed by atoms with E-state index in [0.717, 1.165) is 23.1 Å². The predicted octanol–water partition coefficient (Wildman–Crippen LogP) is 2.47. The smallest absolute Gasteiger partial charge is 0.216 e. The number of aromatic nitrogens is 1. The lowest BCUT2D eigenvalue weighted by Gasteiger charge is -2.06. The molecule has 1 aromatic heterocycles. The summed E-state index contributed by atoms with van der Waals surface area (Å²) in [4.78, 5) is 14.8. The number of hydrogen-bond donors (Lipinski definition) is 0. The SMILES string of the molecule is COCOc1cccc(-c2ccc(CC=O)cc2)n1. The highest BCUT2D eigenvalue weighted by molar-refractivity contribution is 5.61. The first-order valence-corrected chi connectivity index (χ1v) is 5.95. The molecule has 1 aromatic carbocycles. The standard InChI is InChI=1S/C15H15NO3/c1-18-11-19-15-4-2-3-14(16-15)13-7-5-12(6-8-13)9-10-17/h2-8,10H,9,11H2,1H3. The van der Waals surface area contributed by atoms with E-state index in [1.807, 2.05) is 36.4 Å². The summed E-state index contributed by atoms with van der Waals surface area (Å²) in [6.07, 6.45) is 1.33. The molecule has 0 radical (unpaired) electrons. The van der Waals surface area contributed by atoms with E-state index in [-0.39, 0.29) is 6.79 Å². The van der Waals surface area contributed by atoms with Crippen molar-refractivity contribution in [1.29, 1.82) is 0 Å². The summed E-state index contributed by atoms with van der Waals surface area (Å²) in [7, 11) is 1.57. The Morgan fingerprint density at radius 3 is 2.63 bits per heavy atom. The largest absolute Gasteiger partial charge is 0.451 e. The molecular formula is C15H15NO3. The number of methoxy groups -OCH3 is 1. The minimum atomic E-state index is 0.175. The van der Waals surface area contributed by atoms with Crippen molar-refractivity contribution in [1.82, 2.24) is 4.98 Å². The van der Waals surface area contributed by atoms with Gasteiger partial charge in [0.2, 0.25) is 5.88 Å². The van der Waals surface area contributed by atoms with Crippen molar-refractivity contribution < 1.29 is 14.3 Å². The van der Waals surface area contributed by atoms with Crippen LogP contribution >= 0.6 is 0 Å². The fourth-order valence-electron chi connectivity index (χ4n) is 1.68. The van der Waals surface area contributed by atoms with Crippen LogP contribution in [0.2, 0.25) is 0 Å². The predicted molar refractivity (Wildman–Crippen MR) is 71.9 cm³/mol. The molecule has 0 N–H and O–H groups in total. The zero-order valence-electron chi connectivity index (χ0n) is 10.7. The van der Waals surface area contributed by atoms with Crippen molar-refractivity contribution in [2.24, 2.45) is 0 Å². The molecule has 0 saturated carbocycles. The fourth-order valence-corrected chi connectivity index (χ4v) is 1.68. The highest BCUT2D eigenvalue weighted by atomic mass is 16.7. The maximum atomic E-state index is 10.4. The molecule has 0 spiro atoms. The molecule has 0 aliphatic rings. The molecule has 1 heterocycles. The third kappa shape index (κ3) is 3.63. The molecule has 0 aliphatic heterocycles. The number of ether oxygens (including phenoxy) is 2. The van der Waals surface area contributed by atoms with Gasteiger partial charge in [-0.05, 0) is 11.6 Å². The van der Waals surface area contributed by atoms with Crippen LogP contribution in [0, 0.1) is 0 Å². The van der Waals surface area contributed by atoms with Crippen LogP contribution in [-0.4, -0.2) is 25.2 Å². The van der Waals surface area contributed by atoms with Crippen molar-refractivity contribution in [3.05, 3.63) is 48.0 Å². The molecule has 2 aromatic rings. The van der Waals surface area contributed by atoms with Crippen LogP contribution in [0.5, 0.6) is 5.88 Å². The monoisotopic (exact) mass is 257 g/mol. The van der Waals surface area contributed by atoms with Gasteiger partial charge in [-0.3, -0.25) is 0 Å². The first-order valence-electron chi connectivity index (χ1n) is 5.95. The lowest BCUT2D eigenvalue weighted by Crippen LogP contribution is -2.00. The van der Waals surface area contributed by atoms with Gasteiger partial charge in [0.1, 0.15) is 6.29 Å². The van der Waals surface area contributed by atoms with Crippen molar-refractivity contribution in [3.8, 4) is 17.1 Å². The second-order valence-corrected chi connectivity index (χ2v) is 3.98. The maximum Gasteiger partial charge on any atom is 0.216 e. The highest BCUT2D eigenvalue weighted by Crippen LogP contribution is 2.20. The van der Waals surface area contributed by atoms with E-state index in [2.05, 4.69) is 4.98 Å². The Labute approximate surface area is 112 Å². The summed E-state index contributed by atoms with van der Waals surface area (Å²) in [5.74, 6) is 0.524. The highest BCUT2D eigenvalue weighted by Gasteiger charge is 2.02. The van der Waals surface area contributed by atoms with Gasteiger partial charge < -0.3 is 14.3 Å². The van der Waals surface area contributed by atoms with Gasteiger partial charge in [-0.2, -0.15) is 0 Å². The molecule has 4 nitrogen and oxygen atoms in total. The van der Waals surface area contributed by atoms with E-state index in [4.69, 9.17) is 9.47 Å². The van der Waals surface area contributed by atoms with Crippen molar-refractivity contribution in [2.45, 2.75) is 6.42 Å². The average Bonchev–Trinajstić information content (AvgIpc) is 2.46. The zero-order valence-corrected chi connectivity index (χ0v) is 10.7. The second kappa shape index (κ2) is 6.66. The van der Waals surface area contributed by atoms with E-state index < -0.39 is 0 Å². The number of benzene rings is 1. The molecular weight excluding hydrogens is 242 g/mol. The van der Waals surface area contributed by atoms with Gasteiger partial charge in [0.05, 0.1) is 5.69 Å². The van der Waals surface area contributed by atoms with Gasteiger partial charge in [-0.25, -0.2) is 4.98 Å². The van der Waals surface area contributed by atoms with Crippen LogP contribution in [-0.2, 0) is 16.0 Å². The van der Waals surface area contributed by atoms with Crippen LogP contribution in [0.1, 0.15) is 5.56 Å². The molecule has 0 atom stereocenters. The number of nitrogens with zero attached hydrogens (tertiary/aromatic N) is 1. The Morgan fingerprint density at radius 2 is 1.95 bits per heavy atom. The summed E-state index contributed by atoms with van der Waals surface area (Å²) >= 11 is 0.